The van der Waals surface area contributed by atoms with Crippen LogP contribution in [0.5, 0.6) is 11.5 Å². The van der Waals surface area contributed by atoms with Crippen LogP contribution in [0, 0.1) is 0 Å². The van der Waals surface area contributed by atoms with Crippen LogP contribution in [-0.2, 0) is 99.0 Å². The number of hydrazine groups is 1. The molecule has 1 heterocycles. The molecule has 48 heteroatoms. The van der Waals surface area contributed by atoms with E-state index >= 15 is 0 Å². The molecule has 1 aliphatic heterocycles. The summed E-state index contributed by atoms with van der Waals surface area (Å²) in [5, 5.41) is 56.7. The first-order valence-electron chi connectivity index (χ1n) is 32.3. The molecular formula is C61H95N15O21S12. The third-order valence-electron chi connectivity index (χ3n) is 15.6. The highest BCUT2D eigenvalue weighted by Gasteiger charge is 2.42. The number of aliphatic hydroxyl groups is 1. The van der Waals surface area contributed by atoms with Crippen molar-refractivity contribution in [2.75, 3.05) is 61.8 Å². The Kier molecular flexibility index (Phi) is 53.2. The number of aliphatic hydroxyl groups excluding tert-OH is 1. The number of carbonyl (C=O) groups is 16. The molecule has 2 aromatic rings. The molecule has 1 aliphatic rings. The predicted octanol–water partition coefficient (Wildman–Crippen LogP) is -5.09. The minimum absolute atomic E-state index is 0.00409. The Balaban J connectivity index is 0.0000189. The first-order valence-corrected chi connectivity index (χ1v) is 40.9. The Labute approximate surface area is 693 Å². The number of primary amides is 1. The van der Waals surface area contributed by atoms with Gasteiger partial charge in [0.05, 0.1) is 51.4 Å². The van der Waals surface area contributed by atoms with Crippen LogP contribution in [0.25, 0.3) is 0 Å². The number of likely N-dealkylation sites (tertiary alicyclic amines) is 1. The van der Waals surface area contributed by atoms with Crippen LogP contribution in [-0.4, -0.2) is 261 Å². The maximum Gasteiger partial charge on any atom is 0.328 e. The number of Topliss-reactive ketones (excluding diaryl/α,β-unsaturated/α-hetero) is 2. The standard InChI is InChI=1S/C61H89N15O21S6.3H2S2/c1-28(51(85)71-43(27-103)57(91)74-48(29(2)77)59(93)64-21-46(81)67-40(24-100)54(88)70-37(61(95)97-4)19-31-9-13-33(79)14-10-31)65-58(92)44-6-5-17-76(44)60(94)36(20-45(62)80)69-55(89)41(25-101)73-56(90)42(26-102)72-53(87)35(18-30-7-11-32(78)12-8-30)68-52(86)34(15-16-47(82)96-3)66-38(22-98)49(83)50(84)39(23-99)75-63;3*1-2/h7-14,28-29,34-44,48,66,75,77-79,98-103H,5-6,15-27,63H2,1-4H3,(H2,62,80)(H,64,93)(H,65,92)(H,67,81)(H,68,86)(H,69,89)(H,70,88)(H,71,85)(H,72,87)(H,73,90)(H,74,91);3*1-2H/t28?,29-,34?,35+,36+,37?,38+,39+,40?,41+,42+,43+,44+,48+;;;/m1.../s1. The van der Waals surface area contributed by atoms with Gasteiger partial charge in [0.25, 0.3) is 0 Å². The SMILES string of the molecule is COC(=O)CCC(N[C@@H](CS)C(=O)C(=O)[C@H](CS)NN)C(=O)N[C@@H](Cc1ccc(O)cc1)C(=O)N[C@@H](CS)C(=O)N[C@@H](CS)C(=O)N[C@@H](CC(N)=O)C(=O)N1CCC[C@H]1C(=O)NC(C)C(=O)N[C@@H](CS)C(=O)N[C@H](C(=O)NCC(=O)NC(CS)C(=O)NC(Cc1ccc(O)cc1)C(=O)OC)[C@@H](C)O.SS.SS.SS. The van der Waals surface area contributed by atoms with Crippen molar-refractivity contribution in [2.24, 2.45) is 11.6 Å². The maximum atomic E-state index is 14.3. The Bertz CT molecular complexity index is 3350. The number of hydrogen-bond acceptors (Lipinski definition) is 36. The normalized spacial score (nSPS) is 15.6. The fourth-order valence-corrected chi connectivity index (χ4v) is 11.4. The lowest BCUT2D eigenvalue weighted by molar-refractivity contribution is -0.145. The van der Waals surface area contributed by atoms with Gasteiger partial charge < -0.3 is 88.6 Å². The van der Waals surface area contributed by atoms with Crippen molar-refractivity contribution in [1.82, 2.24) is 68.8 Å². The number of thiol groups is 12. The van der Waals surface area contributed by atoms with Crippen LogP contribution in [0.4, 0.5) is 0 Å². The second-order valence-electron chi connectivity index (χ2n) is 23.2. The van der Waals surface area contributed by atoms with Crippen LogP contribution >= 0.6 is 146 Å². The lowest BCUT2D eigenvalue weighted by Gasteiger charge is -2.30. The van der Waals surface area contributed by atoms with Gasteiger partial charge in [0, 0.05) is 60.3 Å². The highest BCUT2D eigenvalue weighted by molar-refractivity contribution is 8.60. The van der Waals surface area contributed by atoms with E-state index in [1.54, 1.807) is 0 Å². The molecule has 0 spiro atoms. The number of nitrogens with two attached hydrogens (primary N) is 2. The van der Waals surface area contributed by atoms with Crippen molar-refractivity contribution in [3.8, 4) is 11.5 Å². The number of nitrogens with zero attached hydrogens (tertiary/aromatic N) is 1. The fourth-order valence-electron chi connectivity index (χ4n) is 9.84. The van der Waals surface area contributed by atoms with Crippen LogP contribution in [0.1, 0.15) is 57.1 Å². The number of nitrogens with one attached hydrogen (secondary N) is 12. The third kappa shape index (κ3) is 36.1. The number of phenolic OH excluding ortho intramolecular Hbond substituents is 2. The van der Waals surface area contributed by atoms with Crippen LogP contribution in [0.15, 0.2) is 48.5 Å². The number of ketones is 2. The van der Waals surface area contributed by atoms with Gasteiger partial charge in [0.1, 0.15) is 71.9 Å². The highest BCUT2D eigenvalue weighted by atomic mass is 33.1. The molecule has 36 nitrogen and oxygen atoms in total. The number of hydrogen-bond donors (Lipinski definition) is 29. The van der Waals surface area contributed by atoms with Gasteiger partial charge in [-0.25, -0.2) is 10.2 Å². The largest absolute Gasteiger partial charge is 0.508 e. The number of benzene rings is 2. The molecule has 109 heavy (non-hydrogen) atoms. The quantitative estimate of drug-likeness (QED) is 0.00737. The minimum Gasteiger partial charge on any atom is -0.508 e. The number of phenols is 2. The van der Waals surface area contributed by atoms with Crippen LogP contribution in [0.2, 0.25) is 0 Å². The van der Waals surface area contributed by atoms with E-state index in [9.17, 15) is 92.0 Å². The number of esters is 2. The Morgan fingerprint density at radius 2 is 0.908 bits per heavy atom. The van der Waals surface area contributed by atoms with Gasteiger partial charge in [0.15, 0.2) is 0 Å². The second kappa shape index (κ2) is 56.3. The molecule has 0 bridgehead atoms. The van der Waals surface area contributed by atoms with Crippen LogP contribution in [0.3, 0.4) is 0 Å². The summed E-state index contributed by atoms with van der Waals surface area (Å²) in [7, 11) is 2.20. The first-order chi connectivity index (χ1) is 51.7. The molecular weight excluding hydrogens is 1660 g/mol. The number of carbonyl (C=O) groups excluding carboxylic acids is 16. The van der Waals surface area contributed by atoms with Gasteiger partial charge in [-0.05, 0) is 68.5 Å². The van der Waals surface area contributed by atoms with Crippen molar-refractivity contribution < 1.29 is 102 Å². The molecule has 3 rings (SSSR count). The molecule has 0 aromatic heterocycles. The fraction of sp³-hybridized carbons (Fsp3) is 0.541. The van der Waals surface area contributed by atoms with E-state index in [4.69, 9.17) is 21.1 Å². The number of amides is 12. The zero-order valence-electron chi connectivity index (χ0n) is 59.0. The molecule has 19 N–H and O–H groups in total. The topological polar surface area (TPSA) is 552 Å². The summed E-state index contributed by atoms with van der Waals surface area (Å²) in [6, 6.07) is -8.09. The minimum atomic E-state index is -1.77. The van der Waals surface area contributed by atoms with E-state index in [0.717, 1.165) is 26.0 Å². The molecule has 1 saturated heterocycles. The summed E-state index contributed by atoms with van der Waals surface area (Å²) in [6.07, 6.45) is -3.34. The van der Waals surface area contributed by atoms with Crippen molar-refractivity contribution in [2.45, 2.75) is 143 Å². The molecule has 14 atom stereocenters. The summed E-state index contributed by atoms with van der Waals surface area (Å²) < 4.78 is 9.53. The van der Waals surface area contributed by atoms with Gasteiger partial charge in [0.2, 0.25) is 82.5 Å². The molecule has 0 aliphatic carbocycles. The van der Waals surface area contributed by atoms with E-state index in [2.05, 4.69) is 210 Å². The lowest BCUT2D eigenvalue weighted by Crippen LogP contribution is -2.61. The zero-order chi connectivity index (χ0) is 83.4. The van der Waals surface area contributed by atoms with E-state index in [1.807, 2.05) is 0 Å². The third-order valence-corrected chi connectivity index (χ3v) is 17.8. The Hall–Kier alpha value is -6.00. The van der Waals surface area contributed by atoms with Gasteiger partial charge >= 0.3 is 11.9 Å². The smallest absolute Gasteiger partial charge is 0.328 e. The summed E-state index contributed by atoms with van der Waals surface area (Å²) in [5.41, 5.74) is 8.60. The van der Waals surface area contributed by atoms with Gasteiger partial charge in [-0.15, -0.1) is 70.0 Å². The lowest BCUT2D eigenvalue weighted by atomic mass is 10.0. The molecule has 12 amide bonds. The van der Waals surface area contributed by atoms with Crippen molar-refractivity contribution in [3.05, 3.63) is 59.7 Å². The second-order valence-corrected chi connectivity index (χ2v) is 25.4. The average molecular weight is 1760 g/mol. The van der Waals surface area contributed by atoms with Crippen molar-refractivity contribution in [1.29, 1.82) is 0 Å². The van der Waals surface area contributed by atoms with Crippen LogP contribution < -0.4 is 75.5 Å². The predicted molar refractivity (Wildman–Crippen MR) is 442 cm³/mol. The van der Waals surface area contributed by atoms with Crippen molar-refractivity contribution >= 4 is 240 Å². The molecule has 4 unspecified atom stereocenters. The van der Waals surface area contributed by atoms with E-state index in [0.29, 0.717) is 11.1 Å². The summed E-state index contributed by atoms with van der Waals surface area (Å²) in [6.45, 7) is 1.45. The molecule has 612 valence electrons. The summed E-state index contributed by atoms with van der Waals surface area (Å²) in [5.74, 6) is -12.6. The first kappa shape index (κ1) is 103. The molecule has 2 aromatic carbocycles. The van der Waals surface area contributed by atoms with E-state index in [-0.39, 0.29) is 67.4 Å². The average Bonchev–Trinajstić information content (AvgIpc) is 1.73. The summed E-state index contributed by atoms with van der Waals surface area (Å²) >= 11 is 44.2. The molecule has 1 fully saturated rings. The number of methoxy groups -OCH3 is 2. The van der Waals surface area contributed by atoms with E-state index in [1.165, 1.54) is 55.5 Å². The molecule has 0 saturated carbocycles. The van der Waals surface area contributed by atoms with Gasteiger partial charge in [-0.2, -0.15) is 75.8 Å². The van der Waals surface area contributed by atoms with Gasteiger partial charge in [-0.3, -0.25) is 83.1 Å². The molecule has 0 radical (unpaired) electrons. The van der Waals surface area contributed by atoms with Crippen molar-refractivity contribution in [3.63, 3.8) is 0 Å². The van der Waals surface area contributed by atoms with Gasteiger partial charge in [-0.1, -0.05) is 24.3 Å². The number of ether oxygens (including phenoxy) is 2. The Morgan fingerprint density at radius 1 is 0.505 bits per heavy atom. The Morgan fingerprint density at radius 3 is 1.35 bits per heavy atom. The summed E-state index contributed by atoms with van der Waals surface area (Å²) in [4.78, 5) is 215. The van der Waals surface area contributed by atoms with E-state index < -0.39 is 216 Å². The number of rotatable bonds is 44. The monoisotopic (exact) mass is 1760 g/mol. The maximum absolute atomic E-state index is 14.3. The highest BCUT2D eigenvalue weighted by Crippen LogP contribution is 2.21. The zero-order valence-corrected chi connectivity index (χ0v) is 69.7. The number of aromatic hydroxyl groups is 2.